The van der Waals surface area contributed by atoms with Crippen molar-refractivity contribution in [3.63, 3.8) is 0 Å². The zero-order chi connectivity index (χ0) is 15.4. The topological polar surface area (TPSA) is 55.1 Å². The van der Waals surface area contributed by atoms with Crippen LogP contribution in [-0.4, -0.2) is 11.9 Å². The number of para-hydroxylation sites is 1. The Hall–Kier alpha value is -1.84. The van der Waals surface area contributed by atoms with E-state index in [0.29, 0.717) is 0 Å². The summed E-state index contributed by atoms with van der Waals surface area (Å²) in [4.78, 5) is 12.4. The molecule has 2 aromatic carbocycles. The van der Waals surface area contributed by atoms with E-state index in [1.807, 2.05) is 36.4 Å². The molecular formula is C19H23ClN2O. The van der Waals surface area contributed by atoms with Crippen LogP contribution in [-0.2, 0) is 11.2 Å². The zero-order valence-corrected chi connectivity index (χ0v) is 13.9. The number of nitrogens with one attached hydrogen (secondary N) is 1. The monoisotopic (exact) mass is 330 g/mol. The Morgan fingerprint density at radius 1 is 1.04 bits per heavy atom. The second kappa shape index (κ2) is 8.14. The summed E-state index contributed by atoms with van der Waals surface area (Å²) in [7, 11) is 0. The first kappa shape index (κ1) is 17.5. The number of carbonyl (C=O) groups excluding carboxylic acids is 1. The van der Waals surface area contributed by atoms with Gasteiger partial charge in [-0.05, 0) is 42.9 Å². The highest BCUT2D eigenvalue weighted by atomic mass is 35.5. The molecular weight excluding hydrogens is 308 g/mol. The van der Waals surface area contributed by atoms with Gasteiger partial charge in [-0.15, -0.1) is 12.4 Å². The van der Waals surface area contributed by atoms with Crippen molar-refractivity contribution in [3.8, 4) is 0 Å². The smallest absolute Gasteiger partial charge is 0.227 e. The minimum absolute atomic E-state index is 0. The van der Waals surface area contributed by atoms with Crippen LogP contribution in [0.2, 0.25) is 0 Å². The third kappa shape index (κ3) is 4.57. The van der Waals surface area contributed by atoms with Gasteiger partial charge in [0.25, 0.3) is 0 Å². The first-order valence-corrected chi connectivity index (χ1v) is 7.90. The molecule has 0 spiro atoms. The standard InChI is InChI=1S/C19H22N2O.ClH/c20-17-11-10-16(13-17)19(22)21-18-9-5-4-8-15(18)12-14-6-2-1-3-7-14;/h1-9,16-17H,10-13,20H2,(H,21,22);1H. The van der Waals surface area contributed by atoms with Crippen molar-refractivity contribution in [1.29, 1.82) is 0 Å². The highest BCUT2D eigenvalue weighted by molar-refractivity contribution is 5.93. The van der Waals surface area contributed by atoms with Crippen molar-refractivity contribution in [2.75, 3.05) is 5.32 Å². The van der Waals surface area contributed by atoms with Crippen LogP contribution in [0.1, 0.15) is 30.4 Å². The molecule has 3 nitrogen and oxygen atoms in total. The Balaban J connectivity index is 0.00000192. The van der Waals surface area contributed by atoms with Gasteiger partial charge >= 0.3 is 0 Å². The van der Waals surface area contributed by atoms with Crippen LogP contribution in [0.4, 0.5) is 5.69 Å². The van der Waals surface area contributed by atoms with Crippen molar-refractivity contribution in [3.05, 3.63) is 65.7 Å². The zero-order valence-electron chi connectivity index (χ0n) is 13.1. The van der Waals surface area contributed by atoms with Crippen LogP contribution >= 0.6 is 12.4 Å². The second-order valence-electron chi connectivity index (χ2n) is 6.08. The number of hydrogen-bond donors (Lipinski definition) is 2. The van der Waals surface area contributed by atoms with E-state index in [9.17, 15) is 4.79 Å². The number of rotatable bonds is 4. The maximum Gasteiger partial charge on any atom is 0.227 e. The summed E-state index contributed by atoms with van der Waals surface area (Å²) in [5.74, 6) is 0.160. The lowest BCUT2D eigenvalue weighted by atomic mass is 10.0. The summed E-state index contributed by atoms with van der Waals surface area (Å²) in [6.45, 7) is 0. The van der Waals surface area contributed by atoms with Gasteiger partial charge in [0.15, 0.2) is 0 Å². The molecule has 2 unspecified atom stereocenters. The maximum atomic E-state index is 12.4. The summed E-state index contributed by atoms with van der Waals surface area (Å²) in [5.41, 5.74) is 9.21. The molecule has 0 heterocycles. The molecule has 122 valence electrons. The van der Waals surface area contributed by atoms with E-state index in [1.54, 1.807) is 0 Å². The van der Waals surface area contributed by atoms with E-state index >= 15 is 0 Å². The van der Waals surface area contributed by atoms with Crippen LogP contribution in [0.25, 0.3) is 0 Å². The van der Waals surface area contributed by atoms with Gasteiger partial charge in [-0.1, -0.05) is 48.5 Å². The Bertz CT molecular complexity index is 645. The molecule has 1 fully saturated rings. The van der Waals surface area contributed by atoms with Crippen LogP contribution < -0.4 is 11.1 Å². The lowest BCUT2D eigenvalue weighted by Gasteiger charge is -2.14. The summed E-state index contributed by atoms with van der Waals surface area (Å²) in [6.07, 6.45) is 3.46. The van der Waals surface area contributed by atoms with E-state index in [-0.39, 0.29) is 30.3 Å². The van der Waals surface area contributed by atoms with Gasteiger partial charge in [0.1, 0.15) is 0 Å². The molecule has 0 aromatic heterocycles. The lowest BCUT2D eigenvalue weighted by molar-refractivity contribution is -0.119. The summed E-state index contributed by atoms with van der Waals surface area (Å²) in [6, 6.07) is 18.5. The molecule has 0 aliphatic heterocycles. The molecule has 3 rings (SSSR count). The fourth-order valence-electron chi connectivity index (χ4n) is 3.10. The predicted molar refractivity (Wildman–Crippen MR) is 96.9 cm³/mol. The number of nitrogens with two attached hydrogens (primary N) is 1. The normalized spacial score (nSPS) is 19.9. The molecule has 4 heteroatoms. The molecule has 23 heavy (non-hydrogen) atoms. The third-order valence-electron chi connectivity index (χ3n) is 4.36. The highest BCUT2D eigenvalue weighted by Gasteiger charge is 2.27. The largest absolute Gasteiger partial charge is 0.328 e. The van der Waals surface area contributed by atoms with Gasteiger partial charge in [0.2, 0.25) is 5.91 Å². The SMILES string of the molecule is Cl.NC1CCC(C(=O)Nc2ccccc2Cc2ccccc2)C1. The Kier molecular flexibility index (Phi) is 6.20. The third-order valence-corrected chi connectivity index (χ3v) is 4.36. The van der Waals surface area contributed by atoms with Crippen LogP contribution in [0.15, 0.2) is 54.6 Å². The molecule has 3 N–H and O–H groups in total. The minimum Gasteiger partial charge on any atom is -0.328 e. The van der Waals surface area contributed by atoms with E-state index in [0.717, 1.165) is 36.9 Å². The van der Waals surface area contributed by atoms with Gasteiger partial charge < -0.3 is 11.1 Å². The quantitative estimate of drug-likeness (QED) is 0.896. The molecule has 1 aliphatic rings. The summed E-state index contributed by atoms with van der Waals surface area (Å²) >= 11 is 0. The van der Waals surface area contributed by atoms with Crippen LogP contribution in [0.3, 0.4) is 0 Å². The van der Waals surface area contributed by atoms with Gasteiger partial charge in [0.05, 0.1) is 0 Å². The van der Waals surface area contributed by atoms with Gasteiger partial charge in [-0.25, -0.2) is 0 Å². The van der Waals surface area contributed by atoms with Gasteiger partial charge in [-0.2, -0.15) is 0 Å². The van der Waals surface area contributed by atoms with Crippen LogP contribution in [0.5, 0.6) is 0 Å². The minimum atomic E-state index is 0. The van der Waals surface area contributed by atoms with Crippen molar-refractivity contribution < 1.29 is 4.79 Å². The average molecular weight is 331 g/mol. The number of halogens is 1. The molecule has 2 aromatic rings. The molecule has 1 aliphatic carbocycles. The molecule has 0 bridgehead atoms. The molecule has 0 radical (unpaired) electrons. The average Bonchev–Trinajstić information content (AvgIpc) is 2.97. The molecule has 2 atom stereocenters. The van der Waals surface area contributed by atoms with Crippen LogP contribution in [0, 0.1) is 5.92 Å². The number of carbonyl (C=O) groups is 1. The van der Waals surface area contributed by atoms with Gasteiger partial charge in [-0.3, -0.25) is 4.79 Å². The summed E-state index contributed by atoms with van der Waals surface area (Å²) < 4.78 is 0. The first-order chi connectivity index (χ1) is 10.7. The number of anilines is 1. The first-order valence-electron chi connectivity index (χ1n) is 7.90. The van der Waals surface area contributed by atoms with Gasteiger partial charge in [0, 0.05) is 17.6 Å². The van der Waals surface area contributed by atoms with E-state index in [4.69, 9.17) is 5.73 Å². The lowest BCUT2D eigenvalue weighted by Crippen LogP contribution is -2.23. The van der Waals surface area contributed by atoms with Crippen molar-refractivity contribution in [2.45, 2.75) is 31.7 Å². The number of benzene rings is 2. The Labute approximate surface area is 143 Å². The van der Waals surface area contributed by atoms with Crippen molar-refractivity contribution in [2.24, 2.45) is 11.7 Å². The van der Waals surface area contributed by atoms with E-state index in [2.05, 4.69) is 23.5 Å². The van der Waals surface area contributed by atoms with E-state index in [1.165, 1.54) is 5.56 Å². The molecule has 1 saturated carbocycles. The van der Waals surface area contributed by atoms with Crippen molar-refractivity contribution >= 4 is 24.0 Å². The van der Waals surface area contributed by atoms with Crippen molar-refractivity contribution in [1.82, 2.24) is 0 Å². The Morgan fingerprint density at radius 2 is 1.74 bits per heavy atom. The number of hydrogen-bond acceptors (Lipinski definition) is 2. The molecule has 1 amide bonds. The Morgan fingerprint density at radius 3 is 2.43 bits per heavy atom. The molecule has 0 saturated heterocycles. The maximum absolute atomic E-state index is 12.4. The highest BCUT2D eigenvalue weighted by Crippen LogP contribution is 2.26. The van der Waals surface area contributed by atoms with E-state index < -0.39 is 0 Å². The second-order valence-corrected chi connectivity index (χ2v) is 6.08. The fraction of sp³-hybridized carbons (Fsp3) is 0.316. The number of amides is 1. The summed E-state index contributed by atoms with van der Waals surface area (Å²) in [5, 5.41) is 3.10. The predicted octanol–water partition coefficient (Wildman–Crippen LogP) is 3.77. The fourth-order valence-corrected chi connectivity index (χ4v) is 3.10.